The highest BCUT2D eigenvalue weighted by atomic mass is 16.2. The van der Waals surface area contributed by atoms with Gasteiger partial charge in [-0.25, -0.2) is 0 Å². The first-order valence-electron chi connectivity index (χ1n) is 7.29. The monoisotopic (exact) mass is 253 g/mol. The number of carbonyl (C=O) groups excluding carboxylic acids is 1. The molecule has 2 saturated heterocycles. The fraction of sp³-hybridized carbons (Fsp3) is 0.929. The molecule has 0 saturated carbocycles. The summed E-state index contributed by atoms with van der Waals surface area (Å²) in [6.45, 7) is 12.1. The van der Waals surface area contributed by atoms with Crippen LogP contribution in [-0.2, 0) is 4.79 Å². The number of rotatable bonds is 3. The van der Waals surface area contributed by atoms with Crippen molar-refractivity contribution in [2.24, 2.45) is 5.41 Å². The smallest absolute Gasteiger partial charge is 0.229 e. The van der Waals surface area contributed by atoms with Gasteiger partial charge in [-0.15, -0.1) is 0 Å². The maximum Gasteiger partial charge on any atom is 0.229 e. The summed E-state index contributed by atoms with van der Waals surface area (Å²) in [5, 5.41) is 3.37. The van der Waals surface area contributed by atoms with Crippen molar-refractivity contribution in [2.45, 2.75) is 39.7 Å². The van der Waals surface area contributed by atoms with Crippen molar-refractivity contribution in [2.75, 3.05) is 39.3 Å². The van der Waals surface area contributed by atoms with Crippen molar-refractivity contribution < 1.29 is 4.79 Å². The fourth-order valence-corrected chi connectivity index (χ4v) is 3.17. The average molecular weight is 253 g/mol. The van der Waals surface area contributed by atoms with Crippen molar-refractivity contribution in [1.82, 2.24) is 15.1 Å². The van der Waals surface area contributed by atoms with Crippen LogP contribution in [0.1, 0.15) is 33.6 Å². The molecule has 2 fully saturated rings. The molecule has 2 heterocycles. The Balaban J connectivity index is 2.00. The molecule has 4 nitrogen and oxygen atoms in total. The van der Waals surface area contributed by atoms with E-state index in [2.05, 4.69) is 22.0 Å². The second-order valence-corrected chi connectivity index (χ2v) is 6.24. The van der Waals surface area contributed by atoms with Crippen LogP contribution >= 0.6 is 0 Å². The van der Waals surface area contributed by atoms with Crippen LogP contribution in [0.2, 0.25) is 0 Å². The number of hydrogen-bond donors (Lipinski definition) is 1. The second kappa shape index (κ2) is 5.57. The molecule has 1 amide bonds. The summed E-state index contributed by atoms with van der Waals surface area (Å²) in [6, 6.07) is 0.577. The summed E-state index contributed by atoms with van der Waals surface area (Å²) in [6.07, 6.45) is 2.52. The van der Waals surface area contributed by atoms with Crippen LogP contribution in [0.25, 0.3) is 0 Å². The molecule has 4 heteroatoms. The molecule has 104 valence electrons. The predicted octanol–water partition coefficient (Wildman–Crippen LogP) is 0.929. The first-order valence-corrected chi connectivity index (χ1v) is 7.29. The largest absolute Gasteiger partial charge is 0.339 e. The third-order valence-corrected chi connectivity index (χ3v) is 4.33. The molecular weight excluding hydrogens is 226 g/mol. The molecule has 1 N–H and O–H groups in total. The summed E-state index contributed by atoms with van der Waals surface area (Å²) >= 11 is 0. The topological polar surface area (TPSA) is 35.6 Å². The first-order chi connectivity index (χ1) is 8.54. The Hall–Kier alpha value is -0.610. The molecule has 2 rings (SSSR count). The Morgan fingerprint density at radius 1 is 1.39 bits per heavy atom. The molecule has 0 radical (unpaired) electrons. The molecule has 0 spiro atoms. The van der Waals surface area contributed by atoms with Gasteiger partial charge in [-0.3, -0.25) is 9.69 Å². The van der Waals surface area contributed by atoms with Gasteiger partial charge in [-0.1, -0.05) is 6.92 Å². The van der Waals surface area contributed by atoms with E-state index in [9.17, 15) is 4.79 Å². The van der Waals surface area contributed by atoms with Crippen molar-refractivity contribution in [3.63, 3.8) is 0 Å². The zero-order chi connectivity index (χ0) is 13.2. The van der Waals surface area contributed by atoms with Crippen molar-refractivity contribution in [3.8, 4) is 0 Å². The van der Waals surface area contributed by atoms with Gasteiger partial charge in [0.05, 0.1) is 5.41 Å². The number of likely N-dealkylation sites (N-methyl/N-ethyl adjacent to an activating group) is 1. The van der Waals surface area contributed by atoms with Crippen LogP contribution in [0.5, 0.6) is 0 Å². The van der Waals surface area contributed by atoms with Gasteiger partial charge in [-0.05, 0) is 39.8 Å². The van der Waals surface area contributed by atoms with Gasteiger partial charge >= 0.3 is 0 Å². The van der Waals surface area contributed by atoms with Gasteiger partial charge in [0.2, 0.25) is 5.91 Å². The molecule has 0 bridgehead atoms. The third-order valence-electron chi connectivity index (χ3n) is 4.33. The quantitative estimate of drug-likeness (QED) is 0.813. The molecule has 2 aliphatic rings. The number of carbonyl (C=O) groups is 1. The van der Waals surface area contributed by atoms with E-state index in [1.807, 2.05) is 13.8 Å². The zero-order valence-electron chi connectivity index (χ0n) is 12.0. The number of likely N-dealkylation sites (tertiary alicyclic amines) is 1. The van der Waals surface area contributed by atoms with E-state index in [1.54, 1.807) is 0 Å². The highest BCUT2D eigenvalue weighted by molar-refractivity contribution is 5.82. The predicted molar refractivity (Wildman–Crippen MR) is 73.5 cm³/mol. The second-order valence-electron chi connectivity index (χ2n) is 6.24. The maximum atomic E-state index is 12.5. The maximum absolute atomic E-state index is 12.5. The van der Waals surface area contributed by atoms with E-state index < -0.39 is 0 Å². The molecule has 2 aliphatic heterocycles. The SMILES string of the molecule is CCN1CCCC1CN1CCNCC(C)(C)C1=O. The van der Waals surface area contributed by atoms with Crippen LogP contribution in [0.3, 0.4) is 0 Å². The Kier molecular flexibility index (Phi) is 4.28. The molecule has 0 aromatic heterocycles. The summed E-state index contributed by atoms with van der Waals surface area (Å²) in [5.41, 5.74) is -0.258. The van der Waals surface area contributed by atoms with Crippen LogP contribution < -0.4 is 5.32 Å². The van der Waals surface area contributed by atoms with Crippen LogP contribution in [0.15, 0.2) is 0 Å². The van der Waals surface area contributed by atoms with Crippen LogP contribution in [0, 0.1) is 5.41 Å². The standard InChI is InChI=1S/C14H27N3O/c1-4-16-8-5-6-12(16)10-17-9-7-15-11-14(2,3)13(17)18/h12,15H,4-11H2,1-3H3. The van der Waals surface area contributed by atoms with Crippen molar-refractivity contribution >= 4 is 5.91 Å². The van der Waals surface area contributed by atoms with E-state index >= 15 is 0 Å². The minimum Gasteiger partial charge on any atom is -0.339 e. The van der Waals surface area contributed by atoms with Crippen molar-refractivity contribution in [3.05, 3.63) is 0 Å². The fourth-order valence-electron chi connectivity index (χ4n) is 3.17. The molecule has 18 heavy (non-hydrogen) atoms. The molecular formula is C14H27N3O. The van der Waals surface area contributed by atoms with E-state index in [0.29, 0.717) is 11.9 Å². The Bertz CT molecular complexity index is 303. The minimum atomic E-state index is -0.258. The number of nitrogens with one attached hydrogen (secondary N) is 1. The Labute approximate surface area is 111 Å². The summed E-state index contributed by atoms with van der Waals surface area (Å²) in [7, 11) is 0. The molecule has 1 unspecified atom stereocenters. The highest BCUT2D eigenvalue weighted by Gasteiger charge is 2.36. The molecule has 0 aromatic rings. The lowest BCUT2D eigenvalue weighted by atomic mass is 9.92. The van der Waals surface area contributed by atoms with E-state index in [1.165, 1.54) is 19.4 Å². The van der Waals surface area contributed by atoms with Gasteiger partial charge in [0.25, 0.3) is 0 Å². The Morgan fingerprint density at radius 2 is 2.17 bits per heavy atom. The van der Waals surface area contributed by atoms with Gasteiger partial charge in [-0.2, -0.15) is 0 Å². The lowest BCUT2D eigenvalue weighted by Crippen LogP contribution is -2.47. The number of hydrogen-bond acceptors (Lipinski definition) is 3. The molecule has 0 aliphatic carbocycles. The summed E-state index contributed by atoms with van der Waals surface area (Å²) < 4.78 is 0. The lowest BCUT2D eigenvalue weighted by Gasteiger charge is -2.33. The van der Waals surface area contributed by atoms with Crippen LogP contribution in [-0.4, -0.2) is 61.0 Å². The number of nitrogens with zero attached hydrogens (tertiary/aromatic N) is 2. The summed E-state index contributed by atoms with van der Waals surface area (Å²) in [4.78, 5) is 17.1. The highest BCUT2D eigenvalue weighted by Crippen LogP contribution is 2.23. The van der Waals surface area contributed by atoms with Gasteiger partial charge in [0.15, 0.2) is 0 Å². The molecule has 1 atom stereocenters. The average Bonchev–Trinajstić information content (AvgIpc) is 2.74. The third kappa shape index (κ3) is 2.86. The van der Waals surface area contributed by atoms with Gasteiger partial charge < -0.3 is 10.2 Å². The zero-order valence-corrected chi connectivity index (χ0v) is 12.0. The Morgan fingerprint density at radius 3 is 2.89 bits per heavy atom. The lowest BCUT2D eigenvalue weighted by molar-refractivity contribution is -0.139. The van der Waals surface area contributed by atoms with Gasteiger partial charge in [0.1, 0.15) is 0 Å². The molecule has 0 aromatic carbocycles. The normalized spacial score (nSPS) is 29.6. The minimum absolute atomic E-state index is 0.258. The number of amides is 1. The first kappa shape index (κ1) is 13.8. The van der Waals surface area contributed by atoms with E-state index in [-0.39, 0.29) is 5.41 Å². The van der Waals surface area contributed by atoms with Gasteiger partial charge in [0, 0.05) is 32.2 Å². The van der Waals surface area contributed by atoms with Crippen molar-refractivity contribution in [1.29, 1.82) is 0 Å². The van der Waals surface area contributed by atoms with E-state index in [4.69, 9.17) is 0 Å². The summed E-state index contributed by atoms with van der Waals surface area (Å²) in [5.74, 6) is 0.315. The van der Waals surface area contributed by atoms with Crippen LogP contribution in [0.4, 0.5) is 0 Å². The van der Waals surface area contributed by atoms with E-state index in [0.717, 1.165) is 32.7 Å².